The normalized spacial score (nSPS) is 13.9. The summed E-state index contributed by atoms with van der Waals surface area (Å²) in [6.45, 7) is 4.33. The Bertz CT molecular complexity index is 275. The van der Waals surface area contributed by atoms with Crippen molar-refractivity contribution in [3.8, 4) is 0 Å². The van der Waals surface area contributed by atoms with E-state index in [4.69, 9.17) is 8.85 Å². The van der Waals surface area contributed by atoms with E-state index in [1.165, 1.54) is 5.56 Å². The quantitative estimate of drug-likeness (QED) is 0.716. The monoisotopic (exact) mass is 224 g/mol. The average molecular weight is 224 g/mol. The van der Waals surface area contributed by atoms with Gasteiger partial charge in [-0.3, -0.25) is 0 Å². The van der Waals surface area contributed by atoms with Crippen molar-refractivity contribution in [2.45, 2.75) is 25.4 Å². The van der Waals surface area contributed by atoms with Gasteiger partial charge >= 0.3 is 8.56 Å². The highest BCUT2D eigenvalue weighted by Crippen LogP contribution is 2.30. The van der Waals surface area contributed by atoms with Gasteiger partial charge in [0.2, 0.25) is 0 Å². The molecule has 0 saturated heterocycles. The summed E-state index contributed by atoms with van der Waals surface area (Å²) in [7, 11) is 1.46. The van der Waals surface area contributed by atoms with Gasteiger partial charge in [0.15, 0.2) is 0 Å². The third-order valence-corrected chi connectivity index (χ3v) is 7.16. The molecule has 0 aromatic heterocycles. The van der Waals surface area contributed by atoms with Crippen LogP contribution in [0.15, 0.2) is 30.3 Å². The summed E-state index contributed by atoms with van der Waals surface area (Å²) in [6.07, 6.45) is 0. The predicted molar refractivity (Wildman–Crippen MR) is 65.1 cm³/mol. The fraction of sp³-hybridized carbons (Fsp3) is 0.500. The molecule has 0 aliphatic heterocycles. The van der Waals surface area contributed by atoms with E-state index < -0.39 is 8.56 Å². The largest absolute Gasteiger partial charge is 0.397 e. The number of hydrogen-bond acceptors (Lipinski definition) is 2. The van der Waals surface area contributed by atoms with E-state index in [-0.39, 0.29) is 0 Å². The summed E-state index contributed by atoms with van der Waals surface area (Å²) in [5.74, 6) is 0. The molecule has 1 aromatic rings. The van der Waals surface area contributed by atoms with E-state index in [9.17, 15) is 0 Å². The second-order valence-corrected chi connectivity index (χ2v) is 7.72. The molecule has 1 atom stereocenters. The standard InChI is InChI=1S/C12H20O2Si/c1-5-15(13-3,14-4)11(2)12-9-7-6-8-10-12/h6-11H,5H2,1-4H3. The minimum Gasteiger partial charge on any atom is -0.397 e. The number of hydrogen-bond donors (Lipinski definition) is 0. The highest BCUT2D eigenvalue weighted by molar-refractivity contribution is 6.68. The Hall–Kier alpha value is -0.643. The molecule has 0 saturated carbocycles. The second-order valence-electron chi connectivity index (χ2n) is 3.71. The first-order valence-corrected chi connectivity index (χ1v) is 7.45. The van der Waals surface area contributed by atoms with Crippen LogP contribution in [0.4, 0.5) is 0 Å². The highest BCUT2D eigenvalue weighted by atomic mass is 28.4. The van der Waals surface area contributed by atoms with Gasteiger partial charge in [-0.05, 0) is 11.6 Å². The second kappa shape index (κ2) is 5.44. The molecule has 1 rings (SSSR count). The smallest absolute Gasteiger partial charge is 0.344 e. The van der Waals surface area contributed by atoms with E-state index in [1.807, 2.05) is 6.07 Å². The lowest BCUT2D eigenvalue weighted by atomic mass is 10.2. The molecule has 0 N–H and O–H groups in total. The molecule has 0 aliphatic carbocycles. The summed E-state index contributed by atoms with van der Waals surface area (Å²) < 4.78 is 11.3. The molecule has 15 heavy (non-hydrogen) atoms. The molecule has 3 heteroatoms. The van der Waals surface area contributed by atoms with Gasteiger partial charge in [0.05, 0.1) is 0 Å². The van der Waals surface area contributed by atoms with Crippen molar-refractivity contribution in [1.29, 1.82) is 0 Å². The van der Waals surface area contributed by atoms with Gasteiger partial charge in [-0.25, -0.2) is 0 Å². The van der Waals surface area contributed by atoms with Crippen molar-refractivity contribution in [3.05, 3.63) is 35.9 Å². The Balaban J connectivity index is 2.95. The van der Waals surface area contributed by atoms with Gasteiger partial charge in [-0.1, -0.05) is 44.2 Å². The van der Waals surface area contributed by atoms with Crippen LogP contribution in [0.2, 0.25) is 6.04 Å². The molecule has 0 heterocycles. The Morgan fingerprint density at radius 2 is 1.67 bits per heavy atom. The maximum Gasteiger partial charge on any atom is 0.344 e. The first-order valence-electron chi connectivity index (χ1n) is 5.35. The summed E-state index contributed by atoms with van der Waals surface area (Å²) in [4.78, 5) is 0. The fourth-order valence-corrected chi connectivity index (χ4v) is 4.79. The average Bonchev–Trinajstić information content (AvgIpc) is 2.33. The minimum atomic E-state index is -2.06. The zero-order valence-corrected chi connectivity index (χ0v) is 11.0. The minimum absolute atomic E-state index is 0.360. The zero-order valence-electron chi connectivity index (χ0n) is 9.99. The van der Waals surface area contributed by atoms with Crippen molar-refractivity contribution in [3.63, 3.8) is 0 Å². The summed E-state index contributed by atoms with van der Waals surface area (Å²) in [5, 5.41) is 0. The Morgan fingerprint density at radius 1 is 1.13 bits per heavy atom. The molecule has 1 aromatic carbocycles. The molecule has 1 unspecified atom stereocenters. The van der Waals surface area contributed by atoms with Crippen molar-refractivity contribution in [2.24, 2.45) is 0 Å². The van der Waals surface area contributed by atoms with Gasteiger partial charge in [0.25, 0.3) is 0 Å². The maximum atomic E-state index is 5.67. The first kappa shape index (κ1) is 12.4. The first-order chi connectivity index (χ1) is 7.20. The fourth-order valence-electron chi connectivity index (χ4n) is 2.03. The van der Waals surface area contributed by atoms with Gasteiger partial charge in [-0.15, -0.1) is 0 Å². The molecular weight excluding hydrogens is 204 g/mol. The van der Waals surface area contributed by atoms with Crippen LogP contribution in [0.5, 0.6) is 0 Å². The van der Waals surface area contributed by atoms with Crippen LogP contribution in [0.25, 0.3) is 0 Å². The topological polar surface area (TPSA) is 18.5 Å². The molecule has 0 aliphatic rings. The molecule has 0 radical (unpaired) electrons. The van der Waals surface area contributed by atoms with Crippen LogP contribution in [0.3, 0.4) is 0 Å². The van der Waals surface area contributed by atoms with E-state index in [1.54, 1.807) is 14.2 Å². The maximum absolute atomic E-state index is 5.67. The molecule has 84 valence electrons. The van der Waals surface area contributed by atoms with Crippen LogP contribution < -0.4 is 0 Å². The summed E-state index contributed by atoms with van der Waals surface area (Å²) in [5.41, 5.74) is 1.66. The van der Waals surface area contributed by atoms with Gasteiger partial charge < -0.3 is 8.85 Å². The number of benzene rings is 1. The van der Waals surface area contributed by atoms with Gasteiger partial charge in [0.1, 0.15) is 0 Å². The van der Waals surface area contributed by atoms with Crippen molar-refractivity contribution in [2.75, 3.05) is 14.2 Å². The molecular formula is C12H20O2Si. The van der Waals surface area contributed by atoms with Crippen molar-refractivity contribution in [1.82, 2.24) is 0 Å². The van der Waals surface area contributed by atoms with Crippen LogP contribution in [-0.2, 0) is 8.85 Å². The van der Waals surface area contributed by atoms with Gasteiger partial charge in [0, 0.05) is 19.8 Å². The van der Waals surface area contributed by atoms with Crippen LogP contribution >= 0.6 is 0 Å². The summed E-state index contributed by atoms with van der Waals surface area (Å²) in [6, 6.07) is 11.4. The zero-order chi connectivity index (χ0) is 11.3. The molecule has 0 bridgehead atoms. The van der Waals surface area contributed by atoms with E-state index in [2.05, 4.69) is 38.1 Å². The third kappa shape index (κ3) is 2.48. The molecule has 2 nitrogen and oxygen atoms in total. The van der Waals surface area contributed by atoms with E-state index in [0.717, 1.165) is 6.04 Å². The lowest BCUT2D eigenvalue weighted by Gasteiger charge is -2.32. The molecule has 0 fully saturated rings. The Kier molecular flexibility index (Phi) is 4.51. The van der Waals surface area contributed by atoms with E-state index in [0.29, 0.717) is 5.54 Å². The van der Waals surface area contributed by atoms with Crippen LogP contribution in [0, 0.1) is 0 Å². The predicted octanol–water partition coefficient (Wildman–Crippen LogP) is 3.08. The van der Waals surface area contributed by atoms with Crippen molar-refractivity contribution < 1.29 is 8.85 Å². The van der Waals surface area contributed by atoms with Crippen LogP contribution in [0.1, 0.15) is 25.0 Å². The Morgan fingerprint density at radius 3 is 2.07 bits per heavy atom. The molecule has 0 spiro atoms. The lowest BCUT2D eigenvalue weighted by Crippen LogP contribution is -2.45. The van der Waals surface area contributed by atoms with Gasteiger partial charge in [-0.2, -0.15) is 0 Å². The molecule has 0 amide bonds. The lowest BCUT2D eigenvalue weighted by molar-refractivity contribution is 0.233. The number of rotatable bonds is 5. The Labute approximate surface area is 93.5 Å². The third-order valence-electron chi connectivity index (χ3n) is 3.14. The highest BCUT2D eigenvalue weighted by Gasteiger charge is 2.40. The van der Waals surface area contributed by atoms with E-state index >= 15 is 0 Å². The summed E-state index contributed by atoms with van der Waals surface area (Å²) >= 11 is 0. The van der Waals surface area contributed by atoms with Crippen molar-refractivity contribution >= 4 is 8.56 Å². The van der Waals surface area contributed by atoms with Crippen LogP contribution in [-0.4, -0.2) is 22.8 Å². The SMILES string of the molecule is CC[Si](OC)(OC)C(C)c1ccccc1.